The highest BCUT2D eigenvalue weighted by atomic mass is 15.0. The van der Waals surface area contributed by atoms with Gasteiger partial charge in [-0.05, 0) is 60.4 Å². The molecule has 2 heterocycles. The van der Waals surface area contributed by atoms with Gasteiger partial charge in [0.2, 0.25) is 0 Å². The van der Waals surface area contributed by atoms with Gasteiger partial charge in [-0.25, -0.2) is 0 Å². The summed E-state index contributed by atoms with van der Waals surface area (Å²) in [7, 11) is 0. The first-order valence-corrected chi connectivity index (χ1v) is 12.9. The van der Waals surface area contributed by atoms with Gasteiger partial charge in [0.15, 0.2) is 0 Å². The predicted octanol–water partition coefficient (Wildman–Crippen LogP) is 9.28. The highest BCUT2D eigenvalue weighted by molar-refractivity contribution is 6.10. The summed E-state index contributed by atoms with van der Waals surface area (Å²) in [5.74, 6) is 0. The minimum atomic E-state index is 0.952. The van der Waals surface area contributed by atoms with Gasteiger partial charge in [0, 0.05) is 56.7 Å². The molecule has 7 rings (SSSR count). The van der Waals surface area contributed by atoms with E-state index >= 15 is 0 Å². The summed E-state index contributed by atoms with van der Waals surface area (Å²) in [6, 6.07) is 40.2. The molecule has 0 saturated heterocycles. The molecular weight excluding hydrogens is 436 g/mol. The fraction of sp³-hybridized carbons (Fsp3) is 0.118. The Morgan fingerprint density at radius 2 is 0.806 bits per heavy atom. The molecule has 0 N–H and O–H groups in total. The summed E-state index contributed by atoms with van der Waals surface area (Å²) in [6.45, 7) is 6.36. The molecule has 0 atom stereocenters. The Balaban J connectivity index is 1.45. The molecule has 0 fully saturated rings. The second kappa shape index (κ2) is 8.13. The van der Waals surface area contributed by atoms with E-state index in [0.717, 1.165) is 13.1 Å². The van der Waals surface area contributed by atoms with Crippen molar-refractivity contribution in [3.05, 3.63) is 109 Å². The van der Waals surface area contributed by atoms with E-state index in [1.165, 1.54) is 65.9 Å². The Hall–Kier alpha value is -4.30. The van der Waals surface area contributed by atoms with Crippen molar-refractivity contribution < 1.29 is 0 Å². The standard InChI is InChI=1S/C34H28N2/c1-3-35-31-15-9-7-13-27(31)29-19-17-23(21-33(29)35)25-11-5-6-12-26(25)24-18-20-30-28-14-8-10-16-32(28)36(4-2)34(30)22-24/h5-22H,3-4H2,1-2H3. The van der Waals surface area contributed by atoms with Gasteiger partial charge in [0.1, 0.15) is 0 Å². The van der Waals surface area contributed by atoms with E-state index in [9.17, 15) is 0 Å². The number of para-hydroxylation sites is 2. The van der Waals surface area contributed by atoms with Crippen LogP contribution in [0.4, 0.5) is 0 Å². The number of benzene rings is 5. The number of hydrogen-bond acceptors (Lipinski definition) is 0. The third kappa shape index (κ3) is 2.97. The van der Waals surface area contributed by atoms with Gasteiger partial charge >= 0.3 is 0 Å². The smallest absolute Gasteiger partial charge is 0.0497 e. The van der Waals surface area contributed by atoms with Crippen molar-refractivity contribution in [1.29, 1.82) is 0 Å². The maximum absolute atomic E-state index is 2.43. The van der Waals surface area contributed by atoms with Crippen LogP contribution in [0.1, 0.15) is 13.8 Å². The predicted molar refractivity (Wildman–Crippen MR) is 155 cm³/mol. The molecule has 0 bridgehead atoms. The van der Waals surface area contributed by atoms with Gasteiger partial charge in [-0.2, -0.15) is 0 Å². The average molecular weight is 465 g/mol. The summed E-state index contributed by atoms with van der Waals surface area (Å²) in [4.78, 5) is 0. The van der Waals surface area contributed by atoms with E-state index in [0.29, 0.717) is 0 Å². The van der Waals surface area contributed by atoms with Gasteiger partial charge in [0.25, 0.3) is 0 Å². The highest BCUT2D eigenvalue weighted by Crippen LogP contribution is 2.38. The van der Waals surface area contributed by atoms with E-state index in [2.05, 4.69) is 132 Å². The van der Waals surface area contributed by atoms with Crippen molar-refractivity contribution in [2.75, 3.05) is 0 Å². The first kappa shape index (κ1) is 21.0. The van der Waals surface area contributed by atoms with Crippen molar-refractivity contribution in [3.8, 4) is 22.3 Å². The molecule has 0 amide bonds. The summed E-state index contributed by atoms with van der Waals surface area (Å²) < 4.78 is 4.87. The van der Waals surface area contributed by atoms with Crippen LogP contribution in [0.2, 0.25) is 0 Å². The lowest BCUT2D eigenvalue weighted by molar-refractivity contribution is 0.827. The molecule has 7 aromatic rings. The van der Waals surface area contributed by atoms with Crippen LogP contribution < -0.4 is 0 Å². The molecule has 0 unspecified atom stereocenters. The van der Waals surface area contributed by atoms with Gasteiger partial charge in [-0.1, -0.05) is 84.9 Å². The number of hydrogen-bond donors (Lipinski definition) is 0. The van der Waals surface area contributed by atoms with Crippen molar-refractivity contribution in [3.63, 3.8) is 0 Å². The largest absolute Gasteiger partial charge is 0.341 e. The maximum Gasteiger partial charge on any atom is 0.0497 e. The lowest BCUT2D eigenvalue weighted by Gasteiger charge is -2.12. The molecular formula is C34H28N2. The van der Waals surface area contributed by atoms with E-state index in [1.54, 1.807) is 0 Å². The zero-order valence-electron chi connectivity index (χ0n) is 20.7. The monoisotopic (exact) mass is 464 g/mol. The molecule has 0 aliphatic rings. The summed E-state index contributed by atoms with van der Waals surface area (Å²) in [5, 5.41) is 5.30. The molecule has 36 heavy (non-hydrogen) atoms. The molecule has 0 radical (unpaired) electrons. The third-order valence-electron chi connectivity index (χ3n) is 7.73. The summed E-state index contributed by atoms with van der Waals surface area (Å²) in [5.41, 5.74) is 10.3. The highest BCUT2D eigenvalue weighted by Gasteiger charge is 2.15. The lowest BCUT2D eigenvalue weighted by Crippen LogP contribution is -1.94. The normalized spacial score (nSPS) is 11.8. The van der Waals surface area contributed by atoms with E-state index in [4.69, 9.17) is 0 Å². The minimum absolute atomic E-state index is 0.952. The Labute approximate surface area is 211 Å². The number of nitrogens with zero attached hydrogens (tertiary/aromatic N) is 2. The van der Waals surface area contributed by atoms with Crippen LogP contribution in [0.15, 0.2) is 109 Å². The molecule has 2 nitrogen and oxygen atoms in total. The van der Waals surface area contributed by atoms with Crippen LogP contribution in [-0.4, -0.2) is 9.13 Å². The zero-order valence-corrected chi connectivity index (χ0v) is 20.7. The Bertz CT molecular complexity index is 1770. The molecule has 0 saturated carbocycles. The Morgan fingerprint density at radius 3 is 1.25 bits per heavy atom. The molecule has 0 aliphatic heterocycles. The van der Waals surface area contributed by atoms with Gasteiger partial charge in [-0.15, -0.1) is 0 Å². The van der Waals surface area contributed by atoms with Crippen LogP contribution >= 0.6 is 0 Å². The van der Waals surface area contributed by atoms with Crippen molar-refractivity contribution in [2.45, 2.75) is 26.9 Å². The van der Waals surface area contributed by atoms with Crippen LogP contribution in [0, 0.1) is 0 Å². The molecule has 2 heteroatoms. The fourth-order valence-electron chi connectivity index (χ4n) is 6.10. The first-order chi connectivity index (χ1) is 17.8. The second-order valence-electron chi connectivity index (χ2n) is 9.53. The number of fused-ring (bicyclic) bond motifs is 6. The fourth-order valence-corrected chi connectivity index (χ4v) is 6.10. The average Bonchev–Trinajstić information content (AvgIpc) is 3.44. The quantitative estimate of drug-likeness (QED) is 0.246. The SMILES string of the molecule is CCn1c2ccccc2c2ccc(-c3ccccc3-c3ccc4c5ccccc5n(CC)c4c3)cc21. The topological polar surface area (TPSA) is 9.86 Å². The molecule has 0 spiro atoms. The van der Waals surface area contributed by atoms with Crippen molar-refractivity contribution in [2.24, 2.45) is 0 Å². The van der Waals surface area contributed by atoms with Crippen molar-refractivity contribution >= 4 is 43.6 Å². The van der Waals surface area contributed by atoms with Crippen LogP contribution in [0.5, 0.6) is 0 Å². The van der Waals surface area contributed by atoms with Crippen molar-refractivity contribution in [1.82, 2.24) is 9.13 Å². The maximum atomic E-state index is 2.43. The lowest BCUT2D eigenvalue weighted by atomic mass is 9.93. The Kier molecular flexibility index (Phi) is 4.75. The summed E-state index contributed by atoms with van der Waals surface area (Å²) >= 11 is 0. The number of rotatable bonds is 4. The van der Waals surface area contributed by atoms with Gasteiger partial charge in [0.05, 0.1) is 0 Å². The van der Waals surface area contributed by atoms with Gasteiger partial charge < -0.3 is 9.13 Å². The van der Waals surface area contributed by atoms with E-state index in [-0.39, 0.29) is 0 Å². The molecule has 0 aliphatic carbocycles. The van der Waals surface area contributed by atoms with Crippen LogP contribution in [-0.2, 0) is 13.1 Å². The minimum Gasteiger partial charge on any atom is -0.341 e. The number of aryl methyl sites for hydroxylation is 2. The molecule has 174 valence electrons. The van der Waals surface area contributed by atoms with Crippen LogP contribution in [0.25, 0.3) is 65.9 Å². The first-order valence-electron chi connectivity index (χ1n) is 12.9. The van der Waals surface area contributed by atoms with Crippen LogP contribution in [0.3, 0.4) is 0 Å². The number of aromatic nitrogens is 2. The van der Waals surface area contributed by atoms with Gasteiger partial charge in [-0.3, -0.25) is 0 Å². The Morgan fingerprint density at radius 1 is 0.417 bits per heavy atom. The van der Waals surface area contributed by atoms with E-state index in [1.807, 2.05) is 0 Å². The molecule has 5 aromatic carbocycles. The third-order valence-corrected chi connectivity index (χ3v) is 7.73. The molecule has 2 aromatic heterocycles. The second-order valence-corrected chi connectivity index (χ2v) is 9.53. The summed E-state index contributed by atoms with van der Waals surface area (Å²) in [6.07, 6.45) is 0. The van der Waals surface area contributed by atoms with E-state index < -0.39 is 0 Å². The zero-order chi connectivity index (χ0) is 24.2.